The summed E-state index contributed by atoms with van der Waals surface area (Å²) in [5.41, 5.74) is 2.71. The van der Waals surface area contributed by atoms with Gasteiger partial charge in [-0.15, -0.1) is 0 Å². The summed E-state index contributed by atoms with van der Waals surface area (Å²) in [6.45, 7) is 2.21. The van der Waals surface area contributed by atoms with Crippen molar-refractivity contribution in [1.82, 2.24) is 0 Å². The van der Waals surface area contributed by atoms with Crippen LogP contribution in [-0.2, 0) is 20.9 Å². The molecule has 0 saturated carbocycles. The van der Waals surface area contributed by atoms with Gasteiger partial charge in [0.15, 0.2) is 0 Å². The average molecular weight is 463 g/mol. The van der Waals surface area contributed by atoms with Crippen LogP contribution in [-0.4, -0.2) is 22.5 Å². The number of alkyl halides is 2. The highest BCUT2D eigenvalue weighted by Crippen LogP contribution is 2.18. The molecule has 0 saturated heterocycles. The molecule has 1 amide bonds. The second kappa shape index (κ2) is 12.5. The third kappa shape index (κ3) is 8.83. The first-order chi connectivity index (χ1) is 11.6. The third-order valence-corrected chi connectivity index (χ3v) is 4.64. The van der Waals surface area contributed by atoms with E-state index in [9.17, 15) is 9.59 Å². The maximum Gasteiger partial charge on any atom is 0.306 e. The first-order valence-electron chi connectivity index (χ1n) is 8.23. The van der Waals surface area contributed by atoms with Crippen LogP contribution in [0.3, 0.4) is 0 Å². The molecule has 1 aromatic carbocycles. The first kappa shape index (κ1) is 21.2. The van der Waals surface area contributed by atoms with Crippen molar-refractivity contribution in [3.63, 3.8) is 0 Å². The van der Waals surface area contributed by atoms with Crippen LogP contribution in [0.4, 0.5) is 5.69 Å². The van der Waals surface area contributed by atoms with Gasteiger partial charge in [0.25, 0.3) is 0 Å². The highest BCUT2D eigenvalue weighted by atomic mass is 79.9. The standard InChI is InChI=1S/C18H25Br2NO3/c1-14-12-15(13-24-18(23)7-3-5-11-20)8-9-16(14)21-17(22)6-2-4-10-19/h8-9,12H,2-7,10-11,13H2,1H3,(H,21,22). The van der Waals surface area contributed by atoms with Gasteiger partial charge in [0.05, 0.1) is 0 Å². The molecule has 0 aromatic heterocycles. The van der Waals surface area contributed by atoms with E-state index in [0.29, 0.717) is 12.8 Å². The fourth-order valence-electron chi connectivity index (χ4n) is 2.15. The maximum absolute atomic E-state index is 11.9. The maximum atomic E-state index is 11.9. The Hall–Kier alpha value is -0.880. The monoisotopic (exact) mass is 461 g/mol. The summed E-state index contributed by atoms with van der Waals surface area (Å²) in [4.78, 5) is 23.5. The third-order valence-electron chi connectivity index (χ3n) is 3.52. The van der Waals surface area contributed by atoms with Gasteiger partial charge in [0.2, 0.25) is 5.91 Å². The highest BCUT2D eigenvalue weighted by Gasteiger charge is 2.07. The summed E-state index contributed by atoms with van der Waals surface area (Å²) in [6.07, 6.45) is 4.65. The number of esters is 1. The Bertz CT molecular complexity index is 535. The quantitative estimate of drug-likeness (QED) is 0.282. The van der Waals surface area contributed by atoms with E-state index in [2.05, 4.69) is 37.2 Å². The molecule has 1 aromatic rings. The molecule has 1 rings (SSSR count). The van der Waals surface area contributed by atoms with Gasteiger partial charge in [-0.3, -0.25) is 9.59 Å². The molecule has 134 valence electrons. The second-order valence-electron chi connectivity index (χ2n) is 5.65. The predicted molar refractivity (Wildman–Crippen MR) is 105 cm³/mol. The molecular formula is C18H25Br2NO3. The van der Waals surface area contributed by atoms with E-state index in [0.717, 1.165) is 53.2 Å². The molecule has 24 heavy (non-hydrogen) atoms. The number of aryl methyl sites for hydroxylation is 1. The number of carbonyl (C=O) groups is 2. The van der Waals surface area contributed by atoms with Crippen molar-refractivity contribution in [1.29, 1.82) is 0 Å². The number of unbranched alkanes of at least 4 members (excludes halogenated alkanes) is 2. The Kier molecular flexibility index (Phi) is 11.0. The Morgan fingerprint density at radius 2 is 1.71 bits per heavy atom. The van der Waals surface area contributed by atoms with Crippen LogP contribution < -0.4 is 5.32 Å². The molecule has 0 aliphatic rings. The van der Waals surface area contributed by atoms with Crippen molar-refractivity contribution in [2.45, 2.75) is 52.1 Å². The Morgan fingerprint density at radius 1 is 1.04 bits per heavy atom. The first-order valence-corrected chi connectivity index (χ1v) is 10.5. The van der Waals surface area contributed by atoms with E-state index >= 15 is 0 Å². The van der Waals surface area contributed by atoms with Crippen LogP contribution in [0.2, 0.25) is 0 Å². The van der Waals surface area contributed by atoms with Gasteiger partial charge >= 0.3 is 5.97 Å². The van der Waals surface area contributed by atoms with Gasteiger partial charge in [0.1, 0.15) is 6.61 Å². The fraction of sp³-hybridized carbons (Fsp3) is 0.556. The van der Waals surface area contributed by atoms with E-state index in [1.807, 2.05) is 25.1 Å². The number of rotatable bonds is 11. The number of ether oxygens (including phenoxy) is 1. The Morgan fingerprint density at radius 3 is 2.33 bits per heavy atom. The van der Waals surface area contributed by atoms with Gasteiger partial charge in [-0.1, -0.05) is 44.0 Å². The molecule has 4 nitrogen and oxygen atoms in total. The van der Waals surface area contributed by atoms with Gasteiger partial charge in [-0.05, 0) is 49.8 Å². The van der Waals surface area contributed by atoms with Crippen LogP contribution in [0, 0.1) is 6.92 Å². The minimum atomic E-state index is -0.169. The summed E-state index contributed by atoms with van der Waals surface area (Å²) in [7, 11) is 0. The molecule has 0 bridgehead atoms. The fourth-order valence-corrected chi connectivity index (χ4v) is 2.94. The molecule has 0 spiro atoms. The Labute approximate surface area is 161 Å². The molecule has 0 unspecified atom stereocenters. The lowest BCUT2D eigenvalue weighted by atomic mass is 10.1. The number of amides is 1. The number of benzene rings is 1. The van der Waals surface area contributed by atoms with E-state index in [1.54, 1.807) is 0 Å². The number of anilines is 1. The van der Waals surface area contributed by atoms with Gasteiger partial charge in [-0.2, -0.15) is 0 Å². The van der Waals surface area contributed by atoms with Crippen molar-refractivity contribution in [2.75, 3.05) is 16.0 Å². The lowest BCUT2D eigenvalue weighted by Gasteiger charge is -2.11. The van der Waals surface area contributed by atoms with E-state index in [-0.39, 0.29) is 18.5 Å². The van der Waals surface area contributed by atoms with Crippen molar-refractivity contribution in [2.24, 2.45) is 0 Å². The van der Waals surface area contributed by atoms with Crippen molar-refractivity contribution < 1.29 is 14.3 Å². The zero-order valence-electron chi connectivity index (χ0n) is 14.1. The molecule has 6 heteroatoms. The number of halogens is 2. The predicted octanol–water partition coefficient (Wildman–Crippen LogP) is 5.11. The number of nitrogens with one attached hydrogen (secondary N) is 1. The van der Waals surface area contributed by atoms with Gasteiger partial charge in [0, 0.05) is 29.2 Å². The molecule has 0 fully saturated rings. The Balaban J connectivity index is 2.43. The minimum absolute atomic E-state index is 0.0324. The topological polar surface area (TPSA) is 55.4 Å². The van der Waals surface area contributed by atoms with Gasteiger partial charge in [-0.25, -0.2) is 0 Å². The normalized spacial score (nSPS) is 10.5. The van der Waals surface area contributed by atoms with Crippen molar-refractivity contribution in [3.8, 4) is 0 Å². The van der Waals surface area contributed by atoms with Gasteiger partial charge < -0.3 is 10.1 Å². The summed E-state index contributed by atoms with van der Waals surface area (Å²) >= 11 is 6.70. The average Bonchev–Trinajstić information content (AvgIpc) is 2.56. The summed E-state index contributed by atoms with van der Waals surface area (Å²) in [6, 6.07) is 5.69. The number of hydrogen-bond donors (Lipinski definition) is 1. The van der Waals surface area contributed by atoms with Crippen LogP contribution in [0.5, 0.6) is 0 Å². The largest absolute Gasteiger partial charge is 0.461 e. The smallest absolute Gasteiger partial charge is 0.306 e. The van der Waals surface area contributed by atoms with E-state index in [1.165, 1.54) is 0 Å². The molecule has 0 heterocycles. The van der Waals surface area contributed by atoms with Crippen molar-refractivity contribution in [3.05, 3.63) is 29.3 Å². The molecular weight excluding hydrogens is 438 g/mol. The summed E-state index contributed by atoms with van der Waals surface area (Å²) < 4.78 is 5.27. The SMILES string of the molecule is Cc1cc(COC(=O)CCCCBr)ccc1NC(=O)CCCCBr. The van der Waals surface area contributed by atoms with Crippen LogP contribution in [0.25, 0.3) is 0 Å². The molecule has 0 radical (unpaired) electrons. The van der Waals surface area contributed by atoms with E-state index in [4.69, 9.17) is 4.74 Å². The van der Waals surface area contributed by atoms with Crippen LogP contribution >= 0.6 is 31.9 Å². The molecule has 0 aliphatic carbocycles. The lowest BCUT2D eigenvalue weighted by molar-refractivity contribution is -0.145. The molecule has 1 N–H and O–H groups in total. The molecule has 0 aliphatic heterocycles. The molecule has 0 atom stereocenters. The van der Waals surface area contributed by atoms with Crippen molar-refractivity contribution >= 4 is 49.4 Å². The van der Waals surface area contributed by atoms with Crippen LogP contribution in [0.1, 0.15) is 49.7 Å². The van der Waals surface area contributed by atoms with Crippen LogP contribution in [0.15, 0.2) is 18.2 Å². The number of hydrogen-bond acceptors (Lipinski definition) is 3. The second-order valence-corrected chi connectivity index (χ2v) is 7.24. The zero-order chi connectivity index (χ0) is 17.8. The minimum Gasteiger partial charge on any atom is -0.461 e. The highest BCUT2D eigenvalue weighted by molar-refractivity contribution is 9.09. The lowest BCUT2D eigenvalue weighted by Crippen LogP contribution is -2.12. The zero-order valence-corrected chi connectivity index (χ0v) is 17.2. The number of carbonyl (C=O) groups excluding carboxylic acids is 2. The summed E-state index contributed by atoms with van der Waals surface area (Å²) in [5.74, 6) is -0.136. The van der Waals surface area contributed by atoms with E-state index < -0.39 is 0 Å². The summed E-state index contributed by atoms with van der Waals surface area (Å²) in [5, 5.41) is 4.75.